The number of nitrogens with one attached hydrogen (secondary N) is 3. The lowest BCUT2D eigenvalue weighted by Gasteiger charge is -2.36. The molecule has 8 heteroatoms. The molecule has 0 radical (unpaired) electrons. The van der Waals surface area contributed by atoms with Crippen LogP contribution < -0.4 is 16.0 Å². The summed E-state index contributed by atoms with van der Waals surface area (Å²) in [6, 6.07) is 2.20. The van der Waals surface area contributed by atoms with Crippen molar-refractivity contribution in [2.24, 2.45) is 10.9 Å². The zero-order valence-corrected chi connectivity index (χ0v) is 18.3. The number of guanidine groups is 1. The van der Waals surface area contributed by atoms with Crippen molar-refractivity contribution in [3.8, 4) is 0 Å². The Balaban J connectivity index is 1.76. The van der Waals surface area contributed by atoms with Crippen LogP contribution in [-0.4, -0.2) is 75.3 Å². The van der Waals surface area contributed by atoms with Gasteiger partial charge in [-0.25, -0.2) is 0 Å². The molecule has 1 saturated heterocycles. The van der Waals surface area contributed by atoms with E-state index in [0.29, 0.717) is 24.3 Å². The van der Waals surface area contributed by atoms with E-state index in [1.807, 2.05) is 6.92 Å². The molecule has 1 unspecified atom stereocenters. The van der Waals surface area contributed by atoms with E-state index >= 15 is 0 Å². The first-order valence-corrected chi connectivity index (χ1v) is 10.7. The second-order valence-electron chi connectivity index (χ2n) is 7.65. The van der Waals surface area contributed by atoms with Crippen LogP contribution in [0.25, 0.3) is 0 Å². The van der Waals surface area contributed by atoms with Gasteiger partial charge in [0.15, 0.2) is 11.7 Å². The quantitative estimate of drug-likeness (QED) is 0.310. The van der Waals surface area contributed by atoms with E-state index in [1.165, 1.54) is 6.26 Å². The summed E-state index contributed by atoms with van der Waals surface area (Å²) in [5.41, 5.74) is 0.849. The SMILES string of the molecule is CCNC(=NCC(C(C)C)N1CCOCC1)NCCCNC(=O)c1occc1C. The number of morpholine rings is 1. The fourth-order valence-electron chi connectivity index (χ4n) is 3.37. The number of carbonyl (C=O) groups excluding carboxylic acids is 1. The Morgan fingerprint density at radius 3 is 2.55 bits per heavy atom. The Labute approximate surface area is 174 Å². The van der Waals surface area contributed by atoms with Gasteiger partial charge >= 0.3 is 0 Å². The molecule has 29 heavy (non-hydrogen) atoms. The van der Waals surface area contributed by atoms with Gasteiger partial charge in [-0.1, -0.05) is 13.8 Å². The lowest BCUT2D eigenvalue weighted by atomic mass is 10.0. The number of aryl methyl sites for hydroxylation is 1. The van der Waals surface area contributed by atoms with Crippen LogP contribution >= 0.6 is 0 Å². The molecule has 1 aliphatic rings. The molecule has 1 fully saturated rings. The molecule has 0 aromatic carbocycles. The minimum atomic E-state index is -0.168. The molecule has 8 nitrogen and oxygen atoms in total. The third-order valence-corrected chi connectivity index (χ3v) is 5.06. The Morgan fingerprint density at radius 2 is 1.93 bits per heavy atom. The molecule has 2 heterocycles. The van der Waals surface area contributed by atoms with Crippen molar-refractivity contribution in [3.05, 3.63) is 23.7 Å². The lowest BCUT2D eigenvalue weighted by Crippen LogP contribution is -2.48. The molecule has 164 valence electrons. The third kappa shape index (κ3) is 7.70. The van der Waals surface area contributed by atoms with Gasteiger partial charge < -0.3 is 25.1 Å². The first-order chi connectivity index (χ1) is 14.0. The number of carbonyl (C=O) groups is 1. The number of hydrogen-bond acceptors (Lipinski definition) is 5. The summed E-state index contributed by atoms with van der Waals surface area (Å²) in [5, 5.41) is 9.55. The molecule has 1 aliphatic heterocycles. The Morgan fingerprint density at radius 1 is 1.21 bits per heavy atom. The van der Waals surface area contributed by atoms with Crippen LogP contribution in [-0.2, 0) is 4.74 Å². The largest absolute Gasteiger partial charge is 0.459 e. The molecule has 1 aromatic rings. The van der Waals surface area contributed by atoms with Gasteiger partial charge in [0.1, 0.15) is 0 Å². The molecular formula is C21H37N5O3. The van der Waals surface area contributed by atoms with Crippen LogP contribution in [0.1, 0.15) is 43.3 Å². The van der Waals surface area contributed by atoms with E-state index in [9.17, 15) is 4.79 Å². The zero-order valence-electron chi connectivity index (χ0n) is 18.3. The Bertz CT molecular complexity index is 638. The van der Waals surface area contributed by atoms with Gasteiger partial charge in [0.2, 0.25) is 0 Å². The topological polar surface area (TPSA) is 91.1 Å². The third-order valence-electron chi connectivity index (χ3n) is 5.06. The van der Waals surface area contributed by atoms with Gasteiger partial charge in [0.25, 0.3) is 5.91 Å². The normalized spacial score (nSPS) is 16.7. The molecular weight excluding hydrogens is 370 g/mol. The summed E-state index contributed by atoms with van der Waals surface area (Å²) >= 11 is 0. The van der Waals surface area contributed by atoms with Crippen LogP contribution in [0.15, 0.2) is 21.7 Å². The summed E-state index contributed by atoms with van der Waals surface area (Å²) in [6.07, 6.45) is 2.33. The minimum Gasteiger partial charge on any atom is -0.459 e. The van der Waals surface area contributed by atoms with Gasteiger partial charge in [-0.2, -0.15) is 0 Å². The molecule has 1 amide bonds. The number of ether oxygens (including phenoxy) is 1. The summed E-state index contributed by atoms with van der Waals surface area (Å²) < 4.78 is 10.7. The van der Waals surface area contributed by atoms with Gasteiger partial charge in [0.05, 0.1) is 26.0 Å². The van der Waals surface area contributed by atoms with E-state index in [4.69, 9.17) is 14.1 Å². The molecule has 0 aliphatic carbocycles. The highest BCUT2D eigenvalue weighted by Gasteiger charge is 2.23. The molecule has 1 atom stereocenters. The summed E-state index contributed by atoms with van der Waals surface area (Å²) in [6.45, 7) is 14.8. The van der Waals surface area contributed by atoms with Crippen molar-refractivity contribution in [2.45, 2.75) is 40.2 Å². The maximum absolute atomic E-state index is 12.0. The minimum absolute atomic E-state index is 0.168. The maximum atomic E-state index is 12.0. The molecule has 0 saturated carbocycles. The van der Waals surface area contributed by atoms with Crippen molar-refractivity contribution in [3.63, 3.8) is 0 Å². The fraction of sp³-hybridized carbons (Fsp3) is 0.714. The Hall–Kier alpha value is -2.06. The first-order valence-electron chi connectivity index (χ1n) is 10.7. The van der Waals surface area contributed by atoms with Gasteiger partial charge in [-0.3, -0.25) is 14.7 Å². The monoisotopic (exact) mass is 407 g/mol. The second-order valence-corrected chi connectivity index (χ2v) is 7.65. The van der Waals surface area contributed by atoms with Crippen molar-refractivity contribution in [1.29, 1.82) is 0 Å². The first kappa shape index (κ1) is 23.2. The highest BCUT2D eigenvalue weighted by molar-refractivity contribution is 5.92. The summed E-state index contributed by atoms with van der Waals surface area (Å²) in [4.78, 5) is 19.3. The van der Waals surface area contributed by atoms with Gasteiger partial charge in [-0.15, -0.1) is 0 Å². The number of rotatable bonds is 10. The van der Waals surface area contributed by atoms with Crippen molar-refractivity contribution < 1.29 is 13.9 Å². The number of furan rings is 1. The van der Waals surface area contributed by atoms with Crippen LogP contribution in [0.5, 0.6) is 0 Å². The predicted molar refractivity (Wildman–Crippen MR) is 115 cm³/mol. The number of hydrogen-bond donors (Lipinski definition) is 3. The summed E-state index contributed by atoms with van der Waals surface area (Å²) in [7, 11) is 0. The van der Waals surface area contributed by atoms with E-state index in [1.54, 1.807) is 6.07 Å². The van der Waals surface area contributed by atoms with Crippen LogP contribution in [0.3, 0.4) is 0 Å². The maximum Gasteiger partial charge on any atom is 0.287 e. The van der Waals surface area contributed by atoms with E-state index in [0.717, 1.165) is 63.9 Å². The predicted octanol–water partition coefficient (Wildman–Crippen LogP) is 1.62. The average molecular weight is 408 g/mol. The van der Waals surface area contributed by atoms with Crippen molar-refractivity contribution in [2.75, 3.05) is 52.5 Å². The zero-order chi connectivity index (χ0) is 21.1. The van der Waals surface area contributed by atoms with Crippen LogP contribution in [0, 0.1) is 12.8 Å². The number of nitrogens with zero attached hydrogens (tertiary/aromatic N) is 2. The standard InChI is InChI=1S/C21H37N5O3/c1-5-22-21(25-15-18(16(2)3)26-10-13-28-14-11-26)24-9-6-8-23-20(27)19-17(4)7-12-29-19/h7,12,16,18H,5-6,8-11,13-15H2,1-4H3,(H,23,27)(H2,22,24,25). The number of aliphatic imine (C=N–C) groups is 1. The smallest absolute Gasteiger partial charge is 0.287 e. The second kappa shape index (κ2) is 12.5. The van der Waals surface area contributed by atoms with E-state index < -0.39 is 0 Å². The van der Waals surface area contributed by atoms with Crippen molar-refractivity contribution in [1.82, 2.24) is 20.9 Å². The lowest BCUT2D eigenvalue weighted by molar-refractivity contribution is 0.00867. The fourth-order valence-corrected chi connectivity index (χ4v) is 3.37. The number of amides is 1. The molecule has 3 N–H and O–H groups in total. The highest BCUT2D eigenvalue weighted by Crippen LogP contribution is 2.13. The van der Waals surface area contributed by atoms with Crippen LogP contribution in [0.4, 0.5) is 0 Å². The van der Waals surface area contributed by atoms with E-state index in [2.05, 4.69) is 41.6 Å². The van der Waals surface area contributed by atoms with Gasteiger partial charge in [-0.05, 0) is 32.3 Å². The molecule has 2 rings (SSSR count). The van der Waals surface area contributed by atoms with Crippen LogP contribution in [0.2, 0.25) is 0 Å². The summed E-state index contributed by atoms with van der Waals surface area (Å²) in [5.74, 6) is 1.56. The molecule has 0 spiro atoms. The van der Waals surface area contributed by atoms with E-state index in [-0.39, 0.29) is 5.91 Å². The molecule has 0 bridgehead atoms. The molecule has 1 aromatic heterocycles. The Kier molecular flexibility index (Phi) is 10.0. The average Bonchev–Trinajstić information content (AvgIpc) is 3.14. The van der Waals surface area contributed by atoms with Gasteiger partial charge in [0, 0.05) is 44.3 Å². The van der Waals surface area contributed by atoms with Crippen molar-refractivity contribution >= 4 is 11.9 Å². The highest BCUT2D eigenvalue weighted by atomic mass is 16.5.